The molecule has 0 atom stereocenters. The summed E-state index contributed by atoms with van der Waals surface area (Å²) in [7, 11) is 0. The van der Waals surface area contributed by atoms with Gasteiger partial charge >= 0.3 is 0 Å². The third-order valence-electron chi connectivity index (χ3n) is 2.59. The van der Waals surface area contributed by atoms with Crippen LogP contribution < -0.4 is 5.73 Å². The van der Waals surface area contributed by atoms with Crippen LogP contribution in [0.3, 0.4) is 0 Å². The van der Waals surface area contributed by atoms with Crippen molar-refractivity contribution in [1.29, 1.82) is 0 Å². The van der Waals surface area contributed by atoms with Crippen molar-refractivity contribution in [3.05, 3.63) is 41.6 Å². The van der Waals surface area contributed by atoms with Gasteiger partial charge in [0.15, 0.2) is 0 Å². The lowest BCUT2D eigenvalue weighted by atomic mass is 10.1. The molecule has 3 nitrogen and oxygen atoms in total. The number of aryl methyl sites for hydroxylation is 1. The van der Waals surface area contributed by atoms with Crippen LogP contribution in [0.25, 0.3) is 5.69 Å². The highest BCUT2D eigenvalue weighted by molar-refractivity contribution is 5.44. The van der Waals surface area contributed by atoms with Crippen LogP contribution in [-0.4, -0.2) is 9.78 Å². The number of hydrogen-bond acceptors (Lipinski definition) is 2. The van der Waals surface area contributed by atoms with Gasteiger partial charge in [-0.05, 0) is 30.5 Å². The van der Waals surface area contributed by atoms with E-state index in [1.165, 1.54) is 5.56 Å². The van der Waals surface area contributed by atoms with Gasteiger partial charge < -0.3 is 5.73 Å². The van der Waals surface area contributed by atoms with Gasteiger partial charge in [0.1, 0.15) is 5.82 Å². The first-order valence-electron chi connectivity index (χ1n) is 5.50. The van der Waals surface area contributed by atoms with Crippen molar-refractivity contribution >= 4 is 5.82 Å². The number of benzene rings is 1. The highest BCUT2D eigenvalue weighted by atomic mass is 15.3. The average molecular weight is 215 g/mol. The topological polar surface area (TPSA) is 43.8 Å². The van der Waals surface area contributed by atoms with Crippen LogP contribution in [0.2, 0.25) is 0 Å². The average Bonchev–Trinajstić information content (AvgIpc) is 2.60. The summed E-state index contributed by atoms with van der Waals surface area (Å²) in [5.41, 5.74) is 9.21. The zero-order chi connectivity index (χ0) is 11.7. The number of anilines is 1. The molecule has 0 aliphatic rings. The van der Waals surface area contributed by atoms with Crippen LogP contribution in [0.1, 0.15) is 31.0 Å². The summed E-state index contributed by atoms with van der Waals surface area (Å²) in [5, 5.41) is 4.51. The van der Waals surface area contributed by atoms with Gasteiger partial charge in [0.25, 0.3) is 0 Å². The maximum Gasteiger partial charge on any atom is 0.127 e. The van der Waals surface area contributed by atoms with Crippen LogP contribution in [0, 0.1) is 6.92 Å². The van der Waals surface area contributed by atoms with Crippen molar-refractivity contribution in [3.8, 4) is 5.69 Å². The Morgan fingerprint density at radius 2 is 2.00 bits per heavy atom. The molecule has 0 amide bonds. The van der Waals surface area contributed by atoms with Crippen molar-refractivity contribution in [3.63, 3.8) is 0 Å². The van der Waals surface area contributed by atoms with E-state index in [4.69, 9.17) is 5.73 Å². The molecule has 1 aromatic carbocycles. The van der Waals surface area contributed by atoms with E-state index in [0.29, 0.717) is 11.7 Å². The quantitative estimate of drug-likeness (QED) is 0.837. The van der Waals surface area contributed by atoms with E-state index in [2.05, 4.69) is 38.0 Å². The van der Waals surface area contributed by atoms with Crippen LogP contribution >= 0.6 is 0 Å². The summed E-state index contributed by atoms with van der Waals surface area (Å²) in [6.45, 7) is 6.29. The van der Waals surface area contributed by atoms with Gasteiger partial charge in [-0.2, -0.15) is 5.10 Å². The predicted molar refractivity (Wildman–Crippen MR) is 66.8 cm³/mol. The van der Waals surface area contributed by atoms with E-state index >= 15 is 0 Å². The number of nitrogens with zero attached hydrogens (tertiary/aromatic N) is 2. The molecular weight excluding hydrogens is 198 g/mol. The molecule has 1 heterocycles. The number of aromatic nitrogens is 2. The van der Waals surface area contributed by atoms with Crippen LogP contribution in [0.4, 0.5) is 5.82 Å². The summed E-state index contributed by atoms with van der Waals surface area (Å²) in [5.74, 6) is 1.09. The Balaban J connectivity index is 2.48. The Hall–Kier alpha value is -1.77. The van der Waals surface area contributed by atoms with E-state index in [1.54, 1.807) is 4.68 Å². The minimum atomic E-state index is 0.397. The number of hydrogen-bond donors (Lipinski definition) is 1. The molecule has 0 aliphatic heterocycles. The number of nitrogen functional groups attached to an aromatic ring is 1. The van der Waals surface area contributed by atoms with E-state index in [9.17, 15) is 0 Å². The molecule has 0 saturated carbocycles. The Morgan fingerprint density at radius 1 is 1.25 bits per heavy atom. The fourth-order valence-electron chi connectivity index (χ4n) is 1.66. The molecule has 2 aromatic rings. The summed E-state index contributed by atoms with van der Waals surface area (Å²) < 4.78 is 1.79. The molecule has 3 heteroatoms. The summed E-state index contributed by atoms with van der Waals surface area (Å²) >= 11 is 0. The van der Waals surface area contributed by atoms with E-state index in [-0.39, 0.29) is 0 Å². The first-order chi connectivity index (χ1) is 7.58. The van der Waals surface area contributed by atoms with Gasteiger partial charge in [-0.25, -0.2) is 4.68 Å². The number of rotatable bonds is 2. The molecule has 1 aromatic heterocycles. The van der Waals surface area contributed by atoms with Gasteiger partial charge in [0, 0.05) is 6.07 Å². The molecule has 2 rings (SSSR count). The molecule has 0 radical (unpaired) electrons. The molecule has 0 bridgehead atoms. The Morgan fingerprint density at radius 3 is 2.56 bits per heavy atom. The van der Waals surface area contributed by atoms with Gasteiger partial charge in [0.05, 0.1) is 11.4 Å². The highest BCUT2D eigenvalue weighted by Gasteiger charge is 2.09. The summed E-state index contributed by atoms with van der Waals surface area (Å²) in [6.07, 6.45) is 0. The molecule has 2 N–H and O–H groups in total. The molecule has 0 aliphatic carbocycles. The minimum absolute atomic E-state index is 0.397. The lowest BCUT2D eigenvalue weighted by Crippen LogP contribution is -2.02. The van der Waals surface area contributed by atoms with Gasteiger partial charge in [-0.15, -0.1) is 0 Å². The minimum Gasteiger partial charge on any atom is -0.384 e. The Bertz CT molecular complexity index is 498. The summed E-state index contributed by atoms with van der Waals surface area (Å²) in [4.78, 5) is 0. The van der Waals surface area contributed by atoms with Gasteiger partial charge in [-0.3, -0.25) is 0 Å². The van der Waals surface area contributed by atoms with Crippen molar-refractivity contribution < 1.29 is 0 Å². The maximum absolute atomic E-state index is 5.96. The van der Waals surface area contributed by atoms with Crippen molar-refractivity contribution in [1.82, 2.24) is 9.78 Å². The molecule has 84 valence electrons. The summed E-state index contributed by atoms with van der Waals surface area (Å²) in [6, 6.07) is 10.1. The van der Waals surface area contributed by atoms with Crippen LogP contribution in [0.5, 0.6) is 0 Å². The molecule has 0 saturated heterocycles. The third kappa shape index (κ3) is 1.94. The first kappa shape index (κ1) is 10.7. The SMILES string of the molecule is Cc1cccc(-n2nc(C(C)C)cc2N)c1. The second kappa shape index (κ2) is 4.00. The molecule has 0 unspecified atom stereocenters. The largest absolute Gasteiger partial charge is 0.384 e. The third-order valence-corrected chi connectivity index (χ3v) is 2.59. The first-order valence-corrected chi connectivity index (χ1v) is 5.50. The Kier molecular flexibility index (Phi) is 2.69. The van der Waals surface area contributed by atoms with Crippen molar-refractivity contribution in [2.45, 2.75) is 26.7 Å². The van der Waals surface area contributed by atoms with Gasteiger partial charge in [0.2, 0.25) is 0 Å². The second-order valence-electron chi connectivity index (χ2n) is 4.40. The highest BCUT2D eigenvalue weighted by Crippen LogP contribution is 2.20. The number of nitrogens with two attached hydrogens (primary N) is 1. The monoisotopic (exact) mass is 215 g/mol. The molecule has 0 fully saturated rings. The molecule has 0 spiro atoms. The predicted octanol–water partition coefficient (Wildman–Crippen LogP) is 2.89. The van der Waals surface area contributed by atoms with Crippen LogP contribution in [0.15, 0.2) is 30.3 Å². The van der Waals surface area contributed by atoms with Crippen LogP contribution in [-0.2, 0) is 0 Å². The van der Waals surface area contributed by atoms with E-state index in [0.717, 1.165) is 11.4 Å². The zero-order valence-corrected chi connectivity index (χ0v) is 9.94. The Labute approximate surface area is 95.9 Å². The second-order valence-corrected chi connectivity index (χ2v) is 4.40. The molecular formula is C13H17N3. The maximum atomic E-state index is 5.96. The fraction of sp³-hybridized carbons (Fsp3) is 0.308. The van der Waals surface area contributed by atoms with Crippen molar-refractivity contribution in [2.24, 2.45) is 0 Å². The smallest absolute Gasteiger partial charge is 0.127 e. The standard InChI is InChI=1S/C13H17N3/c1-9(2)12-8-13(14)16(15-12)11-6-4-5-10(3)7-11/h4-9H,14H2,1-3H3. The normalized spacial score (nSPS) is 11.0. The van der Waals surface area contributed by atoms with Gasteiger partial charge in [-0.1, -0.05) is 26.0 Å². The van der Waals surface area contributed by atoms with E-state index in [1.807, 2.05) is 18.2 Å². The molecule has 16 heavy (non-hydrogen) atoms. The fourth-order valence-corrected chi connectivity index (χ4v) is 1.66. The lowest BCUT2D eigenvalue weighted by Gasteiger charge is -2.04. The zero-order valence-electron chi connectivity index (χ0n) is 9.94. The lowest BCUT2D eigenvalue weighted by molar-refractivity contribution is 0.771. The van der Waals surface area contributed by atoms with Crippen molar-refractivity contribution in [2.75, 3.05) is 5.73 Å². The van der Waals surface area contributed by atoms with E-state index < -0.39 is 0 Å².